The van der Waals surface area contributed by atoms with Gasteiger partial charge in [0.05, 0.1) is 135 Å². The van der Waals surface area contributed by atoms with Crippen molar-refractivity contribution in [1.82, 2.24) is 27.4 Å². The van der Waals surface area contributed by atoms with E-state index in [0.717, 1.165) is 232 Å². The molecule has 690 valence electrons. The van der Waals surface area contributed by atoms with Crippen molar-refractivity contribution in [3.8, 4) is 119 Å². The van der Waals surface area contributed by atoms with E-state index in [2.05, 4.69) is 329 Å². The van der Waals surface area contributed by atoms with Gasteiger partial charge in [0, 0.05) is 110 Å². The second kappa shape index (κ2) is 37.0. The summed E-state index contributed by atoms with van der Waals surface area (Å²) < 4.78 is 13.4. The molecule has 0 spiro atoms. The van der Waals surface area contributed by atoms with Crippen LogP contribution < -0.4 is 0 Å². The lowest BCUT2D eigenvalue weighted by Crippen LogP contribution is -1.98. The van der Waals surface area contributed by atoms with Crippen molar-refractivity contribution >= 4 is 165 Å². The molecule has 27 rings (SSSR count). The minimum absolute atomic E-state index is 0.553. The van der Waals surface area contributed by atoms with Crippen molar-refractivity contribution in [3.05, 3.63) is 540 Å². The summed E-state index contributed by atoms with van der Waals surface area (Å²) in [4.78, 5) is 22.5. The first-order valence-corrected chi connectivity index (χ1v) is 48.7. The standard InChI is InChI=1S/3C45H25N5/c1-47-31-21-25-42-39(26-31)36-13-5-7-15-40(36)50(42)44-27-32(48-2)20-24-37(44)35-12-4-3-11-34(35)29-18-22-33(23-19-29)49-41-16-8-6-14-38(41)45-30(28-46)10-9-17-43(45)49;1-47-31-19-24-43-40(26-31)37-12-5-7-13-41(37)49(43)33-20-16-30(17-21-33)34-9-3-4-10-35(34)38-22-18-32(48-2)27-45(38)50-42-14-8-6-11-36(42)39-25-29(28-46)15-23-44(39)50;1-47-31-19-23-39-36-11-5-7-13-41(36)49(44(39)26-31)33-20-16-30(17-21-33)34-9-3-4-10-35(34)38-22-18-32(48-2)27-45(38)50-42-14-8-6-12-37(42)40-25-29(28-46)15-24-43(40)50/h3*3-27H. The lowest BCUT2D eigenvalue weighted by molar-refractivity contribution is 1.18. The Hall–Kier alpha value is -22.2. The maximum absolute atomic E-state index is 9.91. The summed E-state index contributed by atoms with van der Waals surface area (Å²) in [7, 11) is 0. The number of benzene rings is 21. The number of rotatable bonds is 12. The highest BCUT2D eigenvalue weighted by Crippen LogP contribution is 2.49. The Balaban J connectivity index is 0.000000116. The molecule has 15 heteroatoms. The first-order valence-electron chi connectivity index (χ1n) is 48.7. The van der Waals surface area contributed by atoms with Crippen LogP contribution in [0.2, 0.25) is 0 Å². The Morgan fingerprint density at radius 3 is 0.780 bits per heavy atom. The van der Waals surface area contributed by atoms with E-state index in [1.807, 2.05) is 200 Å². The van der Waals surface area contributed by atoms with Crippen LogP contribution in [0.5, 0.6) is 0 Å². The first-order chi connectivity index (χ1) is 74.0. The number of hydrogen-bond acceptors (Lipinski definition) is 3. The molecule has 0 fully saturated rings. The smallest absolute Gasteiger partial charge is 0.189 e. The molecule has 0 saturated carbocycles. The van der Waals surface area contributed by atoms with E-state index in [1.165, 1.54) is 0 Å². The number of nitriles is 3. The average Bonchev–Trinajstić information content (AvgIpc) is 1.59. The molecule has 150 heavy (non-hydrogen) atoms. The molecule has 6 heterocycles. The summed E-state index contributed by atoms with van der Waals surface area (Å²) in [6.07, 6.45) is 0. The Labute approximate surface area is 861 Å². The molecule has 21 aromatic carbocycles. The van der Waals surface area contributed by atoms with E-state index in [4.69, 9.17) is 39.4 Å². The van der Waals surface area contributed by atoms with Crippen LogP contribution in [-0.4, -0.2) is 27.4 Å². The van der Waals surface area contributed by atoms with Gasteiger partial charge in [-0.3, -0.25) is 0 Å². The fraction of sp³-hybridized carbons (Fsp3) is 0. The largest absolute Gasteiger partial charge is 0.311 e. The fourth-order valence-electron chi connectivity index (χ4n) is 22.2. The third kappa shape index (κ3) is 14.9. The number of para-hydroxylation sites is 6. The molecule has 0 bridgehead atoms. The third-order valence-corrected chi connectivity index (χ3v) is 28.8. The lowest BCUT2D eigenvalue weighted by Gasteiger charge is -2.18. The Bertz CT molecular complexity index is 10500. The molecule has 0 amide bonds. The minimum atomic E-state index is 0.553. The van der Waals surface area contributed by atoms with Gasteiger partial charge in [-0.25, -0.2) is 29.1 Å². The van der Waals surface area contributed by atoms with E-state index in [0.29, 0.717) is 50.8 Å². The van der Waals surface area contributed by atoms with Gasteiger partial charge in [-0.05, 0) is 231 Å². The summed E-state index contributed by atoms with van der Waals surface area (Å²) in [5.74, 6) is 0. The van der Waals surface area contributed by atoms with Gasteiger partial charge in [-0.1, -0.05) is 285 Å². The van der Waals surface area contributed by atoms with Crippen LogP contribution >= 0.6 is 0 Å². The summed E-state index contributed by atoms with van der Waals surface area (Å²) in [6, 6.07) is 160. The van der Waals surface area contributed by atoms with Crippen LogP contribution in [0.4, 0.5) is 34.1 Å². The lowest BCUT2D eigenvalue weighted by atomic mass is 9.93. The van der Waals surface area contributed by atoms with Crippen molar-refractivity contribution in [3.63, 3.8) is 0 Å². The molecule has 0 radical (unpaired) electrons. The van der Waals surface area contributed by atoms with Gasteiger partial charge in [0.25, 0.3) is 0 Å². The van der Waals surface area contributed by atoms with Gasteiger partial charge >= 0.3 is 0 Å². The van der Waals surface area contributed by atoms with Gasteiger partial charge in [-0.15, -0.1) is 0 Å². The molecule has 0 aliphatic heterocycles. The maximum Gasteiger partial charge on any atom is 0.189 e. The van der Waals surface area contributed by atoms with Crippen molar-refractivity contribution in [2.24, 2.45) is 0 Å². The molecule has 0 N–H and O–H groups in total. The summed E-state index contributed by atoms with van der Waals surface area (Å²) in [5, 5.41) is 41.9. The monoisotopic (exact) mass is 1910 g/mol. The third-order valence-electron chi connectivity index (χ3n) is 28.8. The first kappa shape index (κ1) is 89.2. The van der Waals surface area contributed by atoms with Crippen LogP contribution in [-0.2, 0) is 0 Å². The quantitative estimate of drug-likeness (QED) is 0.113. The van der Waals surface area contributed by atoms with Crippen molar-refractivity contribution in [2.75, 3.05) is 0 Å². The van der Waals surface area contributed by atoms with Gasteiger partial charge in [0.15, 0.2) is 34.1 Å². The molecule has 0 unspecified atom stereocenters. The predicted octanol–water partition coefficient (Wildman–Crippen LogP) is 36.6. The molecular formula is C135H75N15. The molecule has 0 atom stereocenters. The van der Waals surface area contributed by atoms with Crippen LogP contribution in [0.25, 0.3) is 261 Å². The fourth-order valence-corrected chi connectivity index (χ4v) is 22.2. The zero-order valence-electron chi connectivity index (χ0n) is 80.0. The number of fused-ring (bicyclic) bond motifs is 18. The van der Waals surface area contributed by atoms with E-state index in [1.54, 1.807) is 0 Å². The zero-order chi connectivity index (χ0) is 101. The SMILES string of the molecule is [C-]#[N+]c1ccc(-c2ccccc2-c2ccc(-n3c4ccccc4c4c(C#N)cccc43)cc2)c(-n2c3ccccc3c3cc([N+]#[C-])ccc32)c1.[C-]#[N+]c1ccc(-c2ccccc2-c2ccc(-n3c4ccccc4c4cc([N+]#[C-])ccc43)cc2)c(-n2c3ccccc3c3cc(C#N)ccc32)c1.[C-]#[N+]c1ccc(-c2ccccc2-c2ccc(-n3c4ccccc4c4ccc([N+]#[C-])cc43)cc2)c(-n2c3ccccc3c3cc(C#N)ccc32)c1. The van der Waals surface area contributed by atoms with Crippen molar-refractivity contribution in [2.45, 2.75) is 0 Å². The van der Waals surface area contributed by atoms with E-state index in [9.17, 15) is 15.8 Å². The maximum atomic E-state index is 9.91. The highest BCUT2D eigenvalue weighted by atomic mass is 15.0. The number of aromatic nitrogens is 6. The second-order valence-corrected chi connectivity index (χ2v) is 36.8. The highest BCUT2D eigenvalue weighted by molar-refractivity contribution is 6.17. The molecule has 0 saturated heterocycles. The minimum Gasteiger partial charge on any atom is -0.311 e. The van der Waals surface area contributed by atoms with Crippen molar-refractivity contribution in [1.29, 1.82) is 15.8 Å². The Morgan fingerprint density at radius 2 is 0.420 bits per heavy atom. The van der Waals surface area contributed by atoms with Gasteiger partial charge in [0.1, 0.15) is 0 Å². The predicted molar refractivity (Wildman–Crippen MR) is 610 cm³/mol. The van der Waals surface area contributed by atoms with Crippen LogP contribution in [0.15, 0.2) is 455 Å². The zero-order valence-corrected chi connectivity index (χ0v) is 80.0. The normalized spacial score (nSPS) is 11.1. The molecule has 0 aliphatic carbocycles. The topological polar surface area (TPSA) is 127 Å². The molecule has 0 aliphatic rings. The Morgan fingerprint density at radius 1 is 0.167 bits per heavy atom. The highest BCUT2D eigenvalue weighted by Gasteiger charge is 2.27. The van der Waals surface area contributed by atoms with Crippen molar-refractivity contribution < 1.29 is 0 Å². The van der Waals surface area contributed by atoms with Crippen LogP contribution in [0.1, 0.15) is 16.7 Å². The van der Waals surface area contributed by atoms with E-state index in [-0.39, 0.29) is 0 Å². The summed E-state index contributed by atoms with van der Waals surface area (Å²) in [6.45, 7) is 46.4. The molecule has 27 aromatic rings. The number of nitrogens with zero attached hydrogens (tertiary/aromatic N) is 15. The van der Waals surface area contributed by atoms with Gasteiger partial charge in [-0.2, -0.15) is 15.8 Å². The van der Waals surface area contributed by atoms with Crippen LogP contribution in [0, 0.1) is 73.4 Å². The molecular weight excluding hydrogens is 1830 g/mol. The number of hydrogen-bond donors (Lipinski definition) is 0. The average molecular weight is 1910 g/mol. The Kier molecular flexibility index (Phi) is 22.0. The van der Waals surface area contributed by atoms with E-state index >= 15 is 0 Å². The van der Waals surface area contributed by atoms with Crippen LogP contribution in [0.3, 0.4) is 0 Å². The van der Waals surface area contributed by atoms with E-state index < -0.39 is 0 Å². The van der Waals surface area contributed by atoms with Gasteiger partial charge < -0.3 is 27.4 Å². The summed E-state index contributed by atoms with van der Waals surface area (Å²) in [5.41, 5.74) is 36.0. The molecule has 6 aromatic heterocycles. The molecule has 15 nitrogen and oxygen atoms in total. The van der Waals surface area contributed by atoms with Gasteiger partial charge in [0.2, 0.25) is 0 Å². The second-order valence-electron chi connectivity index (χ2n) is 36.8. The summed E-state index contributed by atoms with van der Waals surface area (Å²) >= 11 is 0.